The number of hydrogen-bond acceptors (Lipinski definition) is 1. The normalized spacial score (nSPS) is 22.3. The Bertz CT molecular complexity index is 364. The van der Waals surface area contributed by atoms with Gasteiger partial charge in [0.05, 0.1) is 0 Å². The molecule has 0 aromatic carbocycles. The molecule has 1 heteroatoms. The predicted molar refractivity (Wildman–Crippen MR) is 38.4 cm³/mol. The monoisotopic (exact) mass is 127 g/mol. The summed E-state index contributed by atoms with van der Waals surface area (Å²) in [7, 11) is 0. The summed E-state index contributed by atoms with van der Waals surface area (Å²) in [4.78, 5) is 3.69. The van der Waals surface area contributed by atoms with Crippen molar-refractivity contribution in [3.63, 3.8) is 0 Å². The number of aromatic nitrogens is 1. The van der Waals surface area contributed by atoms with E-state index < -0.39 is 13.7 Å². The van der Waals surface area contributed by atoms with E-state index >= 15 is 0 Å². The second kappa shape index (κ2) is 2.18. The quantitative estimate of drug-likeness (QED) is 0.519. The SMILES string of the molecule is [2H]C([2H])([2H])c1ccc(C)c(C([2H])([2H])[2H])n1. The maximum Gasteiger partial charge on any atom is 0.0404 e. The molecular formula is C8H11N. The maximum absolute atomic E-state index is 7.20. The van der Waals surface area contributed by atoms with Gasteiger partial charge in [0.2, 0.25) is 0 Å². The Labute approximate surface area is 64.2 Å². The van der Waals surface area contributed by atoms with Crippen LogP contribution >= 0.6 is 0 Å². The van der Waals surface area contributed by atoms with Crippen molar-refractivity contribution in [1.82, 2.24) is 4.98 Å². The fourth-order valence-electron chi connectivity index (χ4n) is 0.529. The lowest BCUT2D eigenvalue weighted by atomic mass is 10.2. The molecule has 0 saturated heterocycles. The van der Waals surface area contributed by atoms with Gasteiger partial charge in [0.25, 0.3) is 0 Å². The molecule has 0 radical (unpaired) electrons. The van der Waals surface area contributed by atoms with E-state index in [4.69, 9.17) is 8.22 Å². The third-order valence-corrected chi connectivity index (χ3v) is 1.10. The Balaban J connectivity index is 3.30. The van der Waals surface area contributed by atoms with Crippen LogP contribution in [-0.4, -0.2) is 4.98 Å². The van der Waals surface area contributed by atoms with Crippen molar-refractivity contribution in [3.8, 4) is 0 Å². The van der Waals surface area contributed by atoms with Gasteiger partial charge in [0.1, 0.15) is 0 Å². The summed E-state index contributed by atoms with van der Waals surface area (Å²) in [6.45, 7) is -3.14. The van der Waals surface area contributed by atoms with Gasteiger partial charge in [-0.15, -0.1) is 0 Å². The van der Waals surface area contributed by atoms with Crippen LogP contribution in [0.4, 0.5) is 0 Å². The standard InChI is InChI=1S/C8H11N/c1-6-4-5-7(2)9-8(6)3/h4-5H,1-3H3/i2D3,3D3. The Morgan fingerprint density at radius 2 is 2.33 bits per heavy atom. The summed E-state index contributed by atoms with van der Waals surface area (Å²) in [6, 6.07) is 2.80. The minimum atomic E-state index is -2.37. The molecule has 9 heavy (non-hydrogen) atoms. The van der Waals surface area contributed by atoms with E-state index in [0.717, 1.165) is 0 Å². The van der Waals surface area contributed by atoms with E-state index in [1.54, 1.807) is 6.92 Å². The van der Waals surface area contributed by atoms with Gasteiger partial charge in [-0.05, 0) is 32.3 Å². The average Bonchev–Trinajstić information content (AvgIpc) is 2.00. The van der Waals surface area contributed by atoms with Crippen molar-refractivity contribution in [3.05, 3.63) is 29.1 Å². The van der Waals surface area contributed by atoms with Gasteiger partial charge >= 0.3 is 0 Å². The summed E-state index contributed by atoms with van der Waals surface area (Å²) < 4.78 is 43.0. The minimum Gasteiger partial charge on any atom is -0.258 e. The Hall–Kier alpha value is -0.850. The van der Waals surface area contributed by atoms with Gasteiger partial charge in [-0.1, -0.05) is 6.07 Å². The first-order valence-corrected chi connectivity index (χ1v) is 2.61. The van der Waals surface area contributed by atoms with Crippen LogP contribution in [0, 0.1) is 20.6 Å². The first-order valence-electron chi connectivity index (χ1n) is 5.61. The molecule has 0 aliphatic rings. The Morgan fingerprint density at radius 3 is 3.00 bits per heavy atom. The largest absolute Gasteiger partial charge is 0.258 e. The molecule has 0 aliphatic carbocycles. The second-order valence-corrected chi connectivity index (χ2v) is 1.86. The lowest BCUT2D eigenvalue weighted by Gasteiger charge is -1.97. The maximum atomic E-state index is 7.20. The first-order chi connectivity index (χ1) is 6.62. The third-order valence-electron chi connectivity index (χ3n) is 1.10. The molecule has 0 saturated carbocycles. The predicted octanol–water partition coefficient (Wildman–Crippen LogP) is 2.01. The van der Waals surface area contributed by atoms with Crippen molar-refractivity contribution < 1.29 is 8.22 Å². The van der Waals surface area contributed by atoms with Crippen molar-refractivity contribution in [2.45, 2.75) is 20.6 Å². The van der Waals surface area contributed by atoms with E-state index in [1.807, 2.05) is 0 Å². The van der Waals surface area contributed by atoms with Crippen molar-refractivity contribution in [2.24, 2.45) is 0 Å². The molecule has 0 spiro atoms. The highest BCUT2D eigenvalue weighted by Gasteiger charge is 1.90. The fourth-order valence-corrected chi connectivity index (χ4v) is 0.529. The third kappa shape index (κ3) is 1.28. The Kier molecular flexibility index (Phi) is 0.503. The fraction of sp³-hybridized carbons (Fsp3) is 0.375. The van der Waals surface area contributed by atoms with Gasteiger partial charge in [0.15, 0.2) is 0 Å². The number of rotatable bonds is 0. The highest BCUT2D eigenvalue weighted by molar-refractivity contribution is 5.19. The molecule has 0 fully saturated rings. The van der Waals surface area contributed by atoms with Gasteiger partial charge < -0.3 is 0 Å². The number of nitrogens with zero attached hydrogens (tertiary/aromatic N) is 1. The molecule has 0 bridgehead atoms. The zero-order valence-corrected chi connectivity index (χ0v) is 5.10. The minimum absolute atomic E-state index is 0.142. The van der Waals surface area contributed by atoms with Crippen molar-refractivity contribution >= 4 is 0 Å². The van der Waals surface area contributed by atoms with Crippen LogP contribution in [0.5, 0.6) is 0 Å². The highest BCUT2D eigenvalue weighted by Crippen LogP contribution is 2.02. The van der Waals surface area contributed by atoms with Crippen LogP contribution in [0.25, 0.3) is 0 Å². The molecular weight excluding hydrogens is 110 g/mol. The van der Waals surface area contributed by atoms with Crippen LogP contribution in [0.1, 0.15) is 25.2 Å². The summed E-state index contributed by atoms with van der Waals surface area (Å²) in [5.74, 6) is 0. The lowest BCUT2D eigenvalue weighted by molar-refractivity contribution is 1.09. The summed E-state index contributed by atoms with van der Waals surface area (Å²) in [6.07, 6.45) is 0. The number of aryl methyl sites for hydroxylation is 3. The van der Waals surface area contributed by atoms with E-state index in [2.05, 4.69) is 4.98 Å². The molecule has 0 N–H and O–H groups in total. The van der Waals surface area contributed by atoms with E-state index in [9.17, 15) is 0 Å². The smallest absolute Gasteiger partial charge is 0.0404 e. The zero-order valence-electron chi connectivity index (χ0n) is 11.1. The molecule has 0 aliphatic heterocycles. The zero-order chi connectivity index (χ0) is 11.9. The number of hydrogen-bond donors (Lipinski definition) is 0. The van der Waals surface area contributed by atoms with Crippen LogP contribution in [0.3, 0.4) is 0 Å². The molecule has 48 valence electrons. The van der Waals surface area contributed by atoms with Gasteiger partial charge in [-0.2, -0.15) is 0 Å². The van der Waals surface area contributed by atoms with Crippen LogP contribution in [0.2, 0.25) is 0 Å². The second-order valence-electron chi connectivity index (χ2n) is 1.86. The lowest BCUT2D eigenvalue weighted by Crippen LogP contribution is -1.87. The topological polar surface area (TPSA) is 12.9 Å². The molecule has 1 nitrogen and oxygen atoms in total. The van der Waals surface area contributed by atoms with Gasteiger partial charge in [-0.3, -0.25) is 4.98 Å². The average molecular weight is 127 g/mol. The van der Waals surface area contributed by atoms with E-state index in [1.165, 1.54) is 12.1 Å². The van der Waals surface area contributed by atoms with Gasteiger partial charge in [-0.25, -0.2) is 0 Å². The van der Waals surface area contributed by atoms with Crippen LogP contribution in [-0.2, 0) is 0 Å². The molecule has 0 atom stereocenters. The van der Waals surface area contributed by atoms with Crippen LogP contribution in [0.15, 0.2) is 12.1 Å². The molecule has 1 aromatic rings. The molecule has 0 unspecified atom stereocenters. The molecule has 0 amide bonds. The van der Waals surface area contributed by atoms with E-state index in [-0.39, 0.29) is 11.4 Å². The molecule has 1 heterocycles. The van der Waals surface area contributed by atoms with Crippen molar-refractivity contribution in [2.75, 3.05) is 0 Å². The molecule has 1 aromatic heterocycles. The highest BCUT2D eigenvalue weighted by atomic mass is 14.7. The molecule has 1 rings (SSSR count). The van der Waals surface area contributed by atoms with E-state index in [0.29, 0.717) is 5.56 Å². The van der Waals surface area contributed by atoms with Crippen molar-refractivity contribution in [1.29, 1.82) is 0 Å². The van der Waals surface area contributed by atoms with Gasteiger partial charge in [0, 0.05) is 19.6 Å². The Morgan fingerprint density at radius 1 is 1.44 bits per heavy atom. The summed E-state index contributed by atoms with van der Waals surface area (Å²) in [5, 5.41) is 0. The van der Waals surface area contributed by atoms with Crippen LogP contribution < -0.4 is 0 Å². The number of pyridine rings is 1. The summed E-state index contributed by atoms with van der Waals surface area (Å²) >= 11 is 0. The first kappa shape index (κ1) is 2.08. The summed E-state index contributed by atoms with van der Waals surface area (Å²) in [5.41, 5.74) is 0.151.